The monoisotopic (exact) mass is 267 g/mol. The predicted octanol–water partition coefficient (Wildman–Crippen LogP) is 2.04. The molecule has 2 rings (SSSR count). The van der Waals surface area contributed by atoms with E-state index in [2.05, 4.69) is 17.6 Å². The van der Waals surface area contributed by atoms with Gasteiger partial charge in [0.05, 0.1) is 11.4 Å². The van der Waals surface area contributed by atoms with Crippen molar-refractivity contribution in [1.29, 1.82) is 0 Å². The van der Waals surface area contributed by atoms with Crippen LogP contribution in [0.3, 0.4) is 0 Å². The molecule has 0 aromatic carbocycles. The Hall–Kier alpha value is -1.27. The molecule has 0 saturated heterocycles. The predicted molar refractivity (Wildman–Crippen MR) is 70.6 cm³/mol. The first kappa shape index (κ1) is 12.2. The number of nitrogens with zero attached hydrogens (tertiary/aromatic N) is 3. The minimum Gasteiger partial charge on any atom is -0.337 e. The highest BCUT2D eigenvalue weighted by Gasteiger charge is 2.15. The molecule has 0 saturated carbocycles. The van der Waals surface area contributed by atoms with E-state index in [-0.39, 0.29) is 5.91 Å². The van der Waals surface area contributed by atoms with Gasteiger partial charge in [-0.3, -0.25) is 4.79 Å². The lowest BCUT2D eigenvalue weighted by atomic mass is 10.4. The average molecular weight is 267 g/mol. The van der Waals surface area contributed by atoms with Crippen molar-refractivity contribution in [3.05, 3.63) is 34.5 Å². The summed E-state index contributed by atoms with van der Waals surface area (Å²) in [5, 5.41) is 1.85. The second-order valence-electron chi connectivity index (χ2n) is 3.78. The Labute approximate surface area is 109 Å². The molecule has 0 aliphatic heterocycles. The number of hydrogen-bond acceptors (Lipinski definition) is 4. The third-order valence-corrected chi connectivity index (χ3v) is 3.79. The maximum Gasteiger partial charge on any atom is 0.264 e. The molecule has 2 heterocycles. The van der Waals surface area contributed by atoms with Crippen LogP contribution >= 0.6 is 24.0 Å². The Balaban J connectivity index is 2.08. The Morgan fingerprint density at radius 3 is 2.94 bits per heavy atom. The van der Waals surface area contributed by atoms with Crippen molar-refractivity contribution in [1.82, 2.24) is 14.5 Å². The van der Waals surface area contributed by atoms with Gasteiger partial charge in [0.25, 0.3) is 5.91 Å². The van der Waals surface area contributed by atoms with E-state index in [1.165, 1.54) is 11.3 Å². The maximum absolute atomic E-state index is 12.1. The van der Waals surface area contributed by atoms with E-state index in [0.717, 1.165) is 10.7 Å². The average Bonchev–Trinajstić information content (AvgIpc) is 2.88. The fourth-order valence-electron chi connectivity index (χ4n) is 1.46. The van der Waals surface area contributed by atoms with Crippen LogP contribution in [0.25, 0.3) is 0 Å². The Kier molecular flexibility index (Phi) is 3.54. The van der Waals surface area contributed by atoms with E-state index in [4.69, 9.17) is 0 Å². The Morgan fingerprint density at radius 2 is 2.41 bits per heavy atom. The fourth-order valence-corrected chi connectivity index (χ4v) is 2.60. The highest BCUT2D eigenvalue weighted by molar-refractivity contribution is 7.80. The summed E-state index contributed by atoms with van der Waals surface area (Å²) in [6.45, 7) is 0.502. The molecule has 17 heavy (non-hydrogen) atoms. The van der Waals surface area contributed by atoms with Gasteiger partial charge in [-0.05, 0) is 6.07 Å². The molecule has 0 bridgehead atoms. The molecule has 0 unspecified atom stereocenters. The van der Waals surface area contributed by atoms with E-state index in [9.17, 15) is 4.79 Å². The van der Waals surface area contributed by atoms with Crippen molar-refractivity contribution in [2.24, 2.45) is 7.05 Å². The van der Waals surface area contributed by atoms with Crippen molar-refractivity contribution in [2.45, 2.75) is 11.4 Å². The third-order valence-electron chi connectivity index (χ3n) is 2.44. The van der Waals surface area contributed by atoms with Crippen LogP contribution in [0, 0.1) is 0 Å². The molecule has 2 aromatic heterocycles. The summed E-state index contributed by atoms with van der Waals surface area (Å²) in [6, 6.07) is 1.78. The number of imidazole rings is 1. The molecule has 90 valence electrons. The minimum atomic E-state index is -0.00157. The van der Waals surface area contributed by atoms with Crippen LogP contribution in [0.5, 0.6) is 0 Å². The molecule has 0 spiro atoms. The van der Waals surface area contributed by atoms with Gasteiger partial charge >= 0.3 is 0 Å². The third kappa shape index (κ3) is 2.70. The summed E-state index contributed by atoms with van der Waals surface area (Å²) in [5.41, 5.74) is 0. The van der Waals surface area contributed by atoms with Crippen LogP contribution in [-0.2, 0) is 13.6 Å². The van der Waals surface area contributed by atoms with Crippen LogP contribution in [-0.4, -0.2) is 27.4 Å². The molecular formula is C11H13N3OS2. The van der Waals surface area contributed by atoms with E-state index < -0.39 is 0 Å². The molecular weight excluding hydrogens is 254 g/mol. The van der Waals surface area contributed by atoms with E-state index in [1.54, 1.807) is 24.2 Å². The second-order valence-corrected chi connectivity index (χ2v) is 5.21. The Bertz CT molecular complexity index is 532. The Morgan fingerprint density at radius 1 is 1.65 bits per heavy atom. The van der Waals surface area contributed by atoms with Crippen molar-refractivity contribution in [2.75, 3.05) is 7.05 Å². The molecule has 0 N–H and O–H groups in total. The maximum atomic E-state index is 12.1. The van der Waals surface area contributed by atoms with Gasteiger partial charge in [0.15, 0.2) is 0 Å². The zero-order valence-electron chi connectivity index (χ0n) is 9.62. The minimum absolute atomic E-state index is 0.00157. The van der Waals surface area contributed by atoms with Gasteiger partial charge in [-0.2, -0.15) is 0 Å². The van der Waals surface area contributed by atoms with Gasteiger partial charge in [-0.1, -0.05) is 0 Å². The SMILES string of the molecule is CN(Cc1nccn1C)C(=O)c1cc(S)cs1. The first-order valence-electron chi connectivity index (χ1n) is 5.07. The molecule has 0 fully saturated rings. The molecule has 0 aliphatic carbocycles. The van der Waals surface area contributed by atoms with Gasteiger partial charge < -0.3 is 9.47 Å². The summed E-state index contributed by atoms with van der Waals surface area (Å²) >= 11 is 5.60. The van der Waals surface area contributed by atoms with Crippen molar-refractivity contribution in [3.63, 3.8) is 0 Å². The number of carbonyl (C=O) groups is 1. The highest BCUT2D eigenvalue weighted by atomic mass is 32.1. The van der Waals surface area contributed by atoms with E-state index in [0.29, 0.717) is 11.4 Å². The van der Waals surface area contributed by atoms with Crippen LogP contribution in [0.1, 0.15) is 15.5 Å². The quantitative estimate of drug-likeness (QED) is 0.864. The number of aromatic nitrogens is 2. The molecule has 6 heteroatoms. The van der Waals surface area contributed by atoms with Crippen LogP contribution in [0.2, 0.25) is 0 Å². The van der Waals surface area contributed by atoms with Crippen LogP contribution in [0.15, 0.2) is 28.7 Å². The molecule has 0 aliphatic rings. The number of amides is 1. The van der Waals surface area contributed by atoms with Gasteiger partial charge in [-0.15, -0.1) is 24.0 Å². The zero-order valence-corrected chi connectivity index (χ0v) is 11.3. The van der Waals surface area contributed by atoms with Gasteiger partial charge in [0, 0.05) is 36.8 Å². The summed E-state index contributed by atoms with van der Waals surface area (Å²) in [5.74, 6) is 0.863. The summed E-state index contributed by atoms with van der Waals surface area (Å²) in [7, 11) is 3.69. The lowest BCUT2D eigenvalue weighted by Gasteiger charge is -2.15. The molecule has 0 radical (unpaired) electrons. The van der Waals surface area contributed by atoms with E-state index in [1.807, 2.05) is 23.2 Å². The van der Waals surface area contributed by atoms with E-state index >= 15 is 0 Å². The van der Waals surface area contributed by atoms with Gasteiger partial charge in [0.2, 0.25) is 0 Å². The zero-order chi connectivity index (χ0) is 12.4. The molecule has 1 amide bonds. The topological polar surface area (TPSA) is 38.1 Å². The van der Waals surface area contributed by atoms with Crippen LogP contribution < -0.4 is 0 Å². The second kappa shape index (κ2) is 4.93. The normalized spacial score (nSPS) is 10.5. The van der Waals surface area contributed by atoms with Crippen molar-refractivity contribution in [3.8, 4) is 0 Å². The number of rotatable bonds is 3. The fraction of sp³-hybridized carbons (Fsp3) is 0.273. The molecule has 2 aromatic rings. The molecule has 4 nitrogen and oxygen atoms in total. The first-order chi connectivity index (χ1) is 8.08. The summed E-state index contributed by atoms with van der Waals surface area (Å²) in [6.07, 6.45) is 3.59. The smallest absolute Gasteiger partial charge is 0.264 e. The summed E-state index contributed by atoms with van der Waals surface area (Å²) in [4.78, 5) is 19.4. The lowest BCUT2D eigenvalue weighted by molar-refractivity contribution is 0.0785. The van der Waals surface area contributed by atoms with Gasteiger partial charge in [-0.25, -0.2) is 4.98 Å². The number of carbonyl (C=O) groups excluding carboxylic acids is 1. The number of aryl methyl sites for hydroxylation is 1. The largest absolute Gasteiger partial charge is 0.337 e. The van der Waals surface area contributed by atoms with Crippen molar-refractivity contribution >= 4 is 29.9 Å². The highest BCUT2D eigenvalue weighted by Crippen LogP contribution is 2.19. The summed E-state index contributed by atoms with van der Waals surface area (Å²) < 4.78 is 1.91. The first-order valence-corrected chi connectivity index (χ1v) is 6.40. The molecule has 0 atom stereocenters. The standard InChI is InChI=1S/C11H13N3OS2/c1-13-4-3-12-10(13)6-14(2)11(15)9-5-8(16)7-17-9/h3-5,7,16H,6H2,1-2H3. The van der Waals surface area contributed by atoms with Crippen molar-refractivity contribution < 1.29 is 4.79 Å². The van der Waals surface area contributed by atoms with Gasteiger partial charge in [0.1, 0.15) is 5.82 Å². The van der Waals surface area contributed by atoms with Crippen LogP contribution in [0.4, 0.5) is 0 Å². The lowest BCUT2D eigenvalue weighted by Crippen LogP contribution is -2.26. The number of thiol groups is 1. The number of thiophene rings is 1. The number of hydrogen-bond donors (Lipinski definition) is 1.